The van der Waals surface area contributed by atoms with Crippen LogP contribution in [0.5, 0.6) is 0 Å². The molecule has 0 spiro atoms. The molecular formula is C14H20N2O. The second kappa shape index (κ2) is 4.40. The van der Waals surface area contributed by atoms with Crippen LogP contribution in [0.15, 0.2) is 24.3 Å². The summed E-state index contributed by atoms with van der Waals surface area (Å²) >= 11 is 0. The third kappa shape index (κ3) is 2.43. The number of rotatable bonds is 2. The smallest absolute Gasteiger partial charge is 0.239 e. The van der Waals surface area contributed by atoms with Gasteiger partial charge in [-0.25, -0.2) is 0 Å². The lowest BCUT2D eigenvalue weighted by Gasteiger charge is -2.43. The molecule has 3 heteroatoms. The van der Waals surface area contributed by atoms with Crippen molar-refractivity contribution >= 4 is 11.6 Å². The fourth-order valence-corrected chi connectivity index (χ4v) is 2.18. The highest BCUT2D eigenvalue weighted by molar-refractivity contribution is 5.83. The highest BCUT2D eigenvalue weighted by Gasteiger charge is 2.33. The Hall–Kier alpha value is -1.51. The predicted octanol–water partition coefficient (Wildman–Crippen LogP) is 1.96. The maximum absolute atomic E-state index is 11.5. The highest BCUT2D eigenvalue weighted by Crippen LogP contribution is 2.25. The van der Waals surface area contributed by atoms with Gasteiger partial charge in [0.2, 0.25) is 5.91 Å². The Morgan fingerprint density at radius 1 is 1.29 bits per heavy atom. The fraction of sp³-hybridized carbons (Fsp3) is 0.500. The summed E-state index contributed by atoms with van der Waals surface area (Å²) in [5.74, 6) is 0.101. The number of aryl methyl sites for hydroxylation is 1. The van der Waals surface area contributed by atoms with E-state index in [2.05, 4.69) is 55.3 Å². The van der Waals surface area contributed by atoms with Gasteiger partial charge < -0.3 is 10.2 Å². The van der Waals surface area contributed by atoms with Crippen LogP contribution < -0.4 is 10.2 Å². The quantitative estimate of drug-likeness (QED) is 0.845. The van der Waals surface area contributed by atoms with Crippen molar-refractivity contribution in [2.45, 2.75) is 32.7 Å². The first-order valence-electron chi connectivity index (χ1n) is 6.16. The van der Waals surface area contributed by atoms with E-state index in [1.807, 2.05) is 0 Å². The molecule has 0 aliphatic carbocycles. The molecule has 0 unspecified atom stereocenters. The molecule has 1 saturated heterocycles. The molecule has 1 aromatic carbocycles. The molecular weight excluding hydrogens is 212 g/mol. The molecule has 1 fully saturated rings. The standard InChI is InChI=1S/C14H20N2O/c1-4-11-5-7-12(8-6-11)16-9-13(17)15-10-14(16,2)3/h5-8H,4,9-10H2,1-3H3,(H,15,17). The van der Waals surface area contributed by atoms with Gasteiger partial charge >= 0.3 is 0 Å². The van der Waals surface area contributed by atoms with Crippen LogP contribution in [0.1, 0.15) is 26.3 Å². The molecule has 1 aliphatic rings. The third-order valence-corrected chi connectivity index (χ3v) is 3.41. The van der Waals surface area contributed by atoms with Crippen LogP contribution in [0.3, 0.4) is 0 Å². The van der Waals surface area contributed by atoms with Gasteiger partial charge in [0.15, 0.2) is 0 Å². The molecule has 1 aliphatic heterocycles. The molecule has 1 N–H and O–H groups in total. The summed E-state index contributed by atoms with van der Waals surface area (Å²) in [5, 5.41) is 2.91. The highest BCUT2D eigenvalue weighted by atomic mass is 16.2. The van der Waals surface area contributed by atoms with Crippen LogP contribution in [0.4, 0.5) is 5.69 Å². The minimum absolute atomic E-state index is 0.0261. The Kier molecular flexibility index (Phi) is 3.09. The number of benzene rings is 1. The number of nitrogens with one attached hydrogen (secondary N) is 1. The van der Waals surface area contributed by atoms with Gasteiger partial charge in [-0.1, -0.05) is 19.1 Å². The minimum atomic E-state index is -0.0261. The number of carbonyl (C=O) groups excluding carboxylic acids is 1. The van der Waals surface area contributed by atoms with E-state index in [1.54, 1.807) is 0 Å². The van der Waals surface area contributed by atoms with E-state index >= 15 is 0 Å². The minimum Gasteiger partial charge on any atom is -0.355 e. The lowest BCUT2D eigenvalue weighted by molar-refractivity contribution is -0.121. The van der Waals surface area contributed by atoms with E-state index in [1.165, 1.54) is 5.56 Å². The van der Waals surface area contributed by atoms with Gasteiger partial charge in [-0.2, -0.15) is 0 Å². The Labute approximate surface area is 103 Å². The Morgan fingerprint density at radius 3 is 2.53 bits per heavy atom. The Morgan fingerprint density at radius 2 is 1.94 bits per heavy atom. The summed E-state index contributed by atoms with van der Waals surface area (Å²) in [6.07, 6.45) is 1.05. The van der Waals surface area contributed by atoms with Crippen LogP contribution in [-0.4, -0.2) is 24.5 Å². The van der Waals surface area contributed by atoms with Crippen LogP contribution in [0.2, 0.25) is 0 Å². The normalized spacial score (nSPS) is 19.0. The molecule has 3 nitrogen and oxygen atoms in total. The van der Waals surface area contributed by atoms with Crippen molar-refractivity contribution in [1.82, 2.24) is 5.32 Å². The van der Waals surface area contributed by atoms with Crippen molar-refractivity contribution in [2.75, 3.05) is 18.0 Å². The molecule has 0 atom stereocenters. The van der Waals surface area contributed by atoms with Gasteiger partial charge in [-0.3, -0.25) is 4.79 Å². The zero-order valence-electron chi connectivity index (χ0n) is 10.8. The maximum atomic E-state index is 11.5. The van der Waals surface area contributed by atoms with Gasteiger partial charge in [-0.05, 0) is 38.0 Å². The zero-order valence-corrected chi connectivity index (χ0v) is 10.8. The molecule has 0 aromatic heterocycles. The average Bonchev–Trinajstić information content (AvgIpc) is 2.33. The van der Waals surface area contributed by atoms with Gasteiger partial charge in [0.1, 0.15) is 0 Å². The molecule has 92 valence electrons. The van der Waals surface area contributed by atoms with E-state index in [-0.39, 0.29) is 11.4 Å². The Balaban J connectivity index is 2.26. The molecule has 1 amide bonds. The van der Waals surface area contributed by atoms with E-state index in [4.69, 9.17) is 0 Å². The lowest BCUT2D eigenvalue weighted by Crippen LogP contribution is -2.60. The maximum Gasteiger partial charge on any atom is 0.239 e. The van der Waals surface area contributed by atoms with Crippen molar-refractivity contribution in [3.8, 4) is 0 Å². The summed E-state index contributed by atoms with van der Waals surface area (Å²) in [7, 11) is 0. The second-order valence-electron chi connectivity index (χ2n) is 5.20. The zero-order chi connectivity index (χ0) is 12.5. The fourth-order valence-electron chi connectivity index (χ4n) is 2.18. The number of hydrogen-bond acceptors (Lipinski definition) is 2. The SMILES string of the molecule is CCc1ccc(N2CC(=O)NCC2(C)C)cc1. The predicted molar refractivity (Wildman–Crippen MR) is 70.3 cm³/mol. The first-order valence-corrected chi connectivity index (χ1v) is 6.16. The van der Waals surface area contributed by atoms with E-state index in [9.17, 15) is 4.79 Å². The van der Waals surface area contributed by atoms with Crippen molar-refractivity contribution in [1.29, 1.82) is 0 Å². The van der Waals surface area contributed by atoms with E-state index in [0.717, 1.165) is 12.1 Å². The first kappa shape index (κ1) is 12.0. The monoisotopic (exact) mass is 232 g/mol. The summed E-state index contributed by atoms with van der Waals surface area (Å²) in [4.78, 5) is 13.7. The summed E-state index contributed by atoms with van der Waals surface area (Å²) in [6, 6.07) is 8.49. The van der Waals surface area contributed by atoms with Crippen molar-refractivity contribution in [3.05, 3.63) is 29.8 Å². The molecule has 1 aromatic rings. The average molecular weight is 232 g/mol. The van der Waals surface area contributed by atoms with Crippen molar-refractivity contribution in [2.24, 2.45) is 0 Å². The molecule has 0 radical (unpaired) electrons. The molecule has 2 rings (SSSR count). The number of anilines is 1. The summed E-state index contributed by atoms with van der Waals surface area (Å²) < 4.78 is 0. The van der Waals surface area contributed by atoms with Gasteiger partial charge in [0, 0.05) is 12.2 Å². The summed E-state index contributed by atoms with van der Waals surface area (Å²) in [5.41, 5.74) is 2.43. The molecule has 0 saturated carbocycles. The van der Waals surface area contributed by atoms with Crippen LogP contribution in [0, 0.1) is 0 Å². The number of hydrogen-bond donors (Lipinski definition) is 1. The largest absolute Gasteiger partial charge is 0.355 e. The number of piperazine rings is 1. The van der Waals surface area contributed by atoms with Gasteiger partial charge in [0.05, 0.1) is 12.1 Å². The van der Waals surface area contributed by atoms with Crippen LogP contribution in [-0.2, 0) is 11.2 Å². The topological polar surface area (TPSA) is 32.3 Å². The van der Waals surface area contributed by atoms with Gasteiger partial charge in [-0.15, -0.1) is 0 Å². The van der Waals surface area contributed by atoms with Crippen molar-refractivity contribution < 1.29 is 4.79 Å². The van der Waals surface area contributed by atoms with E-state index in [0.29, 0.717) is 13.1 Å². The third-order valence-electron chi connectivity index (χ3n) is 3.41. The second-order valence-corrected chi connectivity index (χ2v) is 5.20. The summed E-state index contributed by atoms with van der Waals surface area (Å²) in [6.45, 7) is 7.59. The number of carbonyl (C=O) groups is 1. The molecule has 1 heterocycles. The first-order chi connectivity index (χ1) is 8.03. The van der Waals surface area contributed by atoms with Gasteiger partial charge in [0.25, 0.3) is 0 Å². The van der Waals surface area contributed by atoms with Crippen LogP contribution in [0.25, 0.3) is 0 Å². The molecule has 17 heavy (non-hydrogen) atoms. The van der Waals surface area contributed by atoms with E-state index < -0.39 is 0 Å². The Bertz CT molecular complexity index is 409. The number of amides is 1. The van der Waals surface area contributed by atoms with Crippen LogP contribution >= 0.6 is 0 Å². The number of nitrogens with zero attached hydrogens (tertiary/aromatic N) is 1. The lowest BCUT2D eigenvalue weighted by atomic mass is 9.98. The van der Waals surface area contributed by atoms with Crippen molar-refractivity contribution in [3.63, 3.8) is 0 Å². The molecule has 0 bridgehead atoms.